The van der Waals surface area contributed by atoms with Crippen molar-refractivity contribution in [2.45, 2.75) is 0 Å². The third-order valence-corrected chi connectivity index (χ3v) is 9.35. The molecular weight excluding hydrogens is 601 g/mol. The maximum absolute atomic E-state index is 6.73. The number of aromatic nitrogens is 4. The zero-order valence-electron chi connectivity index (χ0n) is 26.2. The Morgan fingerprint density at radius 1 is 0.429 bits per heavy atom. The molecule has 0 spiro atoms. The lowest BCUT2D eigenvalue weighted by atomic mass is 9.92. The zero-order valence-corrected chi connectivity index (χ0v) is 26.2. The Morgan fingerprint density at radius 2 is 1.06 bits per heavy atom. The maximum atomic E-state index is 6.73. The molecule has 0 amide bonds. The molecule has 0 bridgehead atoms. The predicted molar refractivity (Wildman–Crippen MR) is 199 cm³/mol. The largest absolute Gasteiger partial charge is 0.455 e. The number of benzene rings is 5. The lowest BCUT2D eigenvalue weighted by Gasteiger charge is -2.15. The minimum atomic E-state index is 0.765. The first-order valence-electron chi connectivity index (χ1n) is 16.3. The molecule has 5 aromatic heterocycles. The van der Waals surface area contributed by atoms with E-state index in [0.717, 1.165) is 83.4 Å². The molecule has 0 saturated carbocycles. The minimum absolute atomic E-state index is 0.765. The van der Waals surface area contributed by atoms with Crippen molar-refractivity contribution in [3.8, 4) is 45.2 Å². The van der Waals surface area contributed by atoms with Crippen LogP contribution < -0.4 is 0 Å². The molecule has 0 aliphatic heterocycles. The van der Waals surface area contributed by atoms with Crippen LogP contribution in [0.25, 0.3) is 99.5 Å². The number of rotatable bonds is 4. The second-order valence-electron chi connectivity index (χ2n) is 12.2. The highest BCUT2D eigenvalue weighted by atomic mass is 16.3. The van der Waals surface area contributed by atoms with E-state index in [9.17, 15) is 0 Å². The number of nitrogens with zero attached hydrogens (tertiary/aromatic N) is 4. The Morgan fingerprint density at radius 3 is 1.80 bits per heavy atom. The van der Waals surface area contributed by atoms with Crippen molar-refractivity contribution < 1.29 is 4.42 Å². The van der Waals surface area contributed by atoms with Gasteiger partial charge in [0.05, 0.1) is 39.4 Å². The fourth-order valence-corrected chi connectivity index (χ4v) is 7.14. The first-order valence-corrected chi connectivity index (χ1v) is 16.3. The Balaban J connectivity index is 1.33. The van der Waals surface area contributed by atoms with Gasteiger partial charge in [-0.3, -0.25) is 9.97 Å². The topological polar surface area (TPSA) is 64.7 Å². The van der Waals surface area contributed by atoms with Gasteiger partial charge in [0.15, 0.2) is 0 Å². The fourth-order valence-electron chi connectivity index (χ4n) is 7.14. The van der Waals surface area contributed by atoms with Crippen molar-refractivity contribution in [3.05, 3.63) is 158 Å². The minimum Gasteiger partial charge on any atom is -0.455 e. The second kappa shape index (κ2) is 10.9. The van der Waals surface area contributed by atoms with E-state index in [2.05, 4.69) is 107 Å². The molecule has 5 nitrogen and oxygen atoms in total. The van der Waals surface area contributed by atoms with Crippen molar-refractivity contribution >= 4 is 54.4 Å². The number of furan rings is 1. The third kappa shape index (κ3) is 4.40. The van der Waals surface area contributed by atoms with Crippen LogP contribution in [0, 0.1) is 0 Å². The Labute approximate surface area is 281 Å². The molecule has 0 unspecified atom stereocenters. The van der Waals surface area contributed by atoms with Gasteiger partial charge in [0.1, 0.15) is 11.2 Å². The van der Waals surface area contributed by atoms with Crippen LogP contribution in [0.15, 0.2) is 162 Å². The van der Waals surface area contributed by atoms with E-state index in [1.807, 2.05) is 48.5 Å². The summed E-state index contributed by atoms with van der Waals surface area (Å²) in [6.07, 6.45) is 3.59. The number of hydrogen-bond donors (Lipinski definition) is 0. The summed E-state index contributed by atoms with van der Waals surface area (Å²) in [5.41, 5.74) is 9.53. The molecule has 49 heavy (non-hydrogen) atoms. The average molecular weight is 627 g/mol. The highest BCUT2D eigenvalue weighted by molar-refractivity contribution is 6.24. The molecule has 228 valence electrons. The quantitative estimate of drug-likeness (QED) is 0.182. The van der Waals surface area contributed by atoms with E-state index in [4.69, 9.17) is 14.4 Å². The Bertz CT molecular complexity index is 2820. The fraction of sp³-hybridized carbons (Fsp3) is 0. The van der Waals surface area contributed by atoms with Crippen molar-refractivity contribution in [2.24, 2.45) is 0 Å². The van der Waals surface area contributed by atoms with Gasteiger partial charge in [0, 0.05) is 34.3 Å². The van der Waals surface area contributed by atoms with Crippen LogP contribution >= 0.6 is 0 Å². The molecule has 0 fully saturated rings. The van der Waals surface area contributed by atoms with Gasteiger partial charge in [0.2, 0.25) is 0 Å². The van der Waals surface area contributed by atoms with Gasteiger partial charge < -0.3 is 4.42 Å². The molecule has 10 aromatic rings. The predicted octanol–water partition coefficient (Wildman–Crippen LogP) is 11.3. The molecule has 0 atom stereocenters. The molecule has 0 aliphatic carbocycles. The van der Waals surface area contributed by atoms with Crippen molar-refractivity contribution in [1.29, 1.82) is 0 Å². The lowest BCUT2D eigenvalue weighted by Crippen LogP contribution is -1.96. The van der Waals surface area contributed by atoms with Gasteiger partial charge in [-0.2, -0.15) is 0 Å². The van der Waals surface area contributed by atoms with Crippen molar-refractivity contribution in [2.75, 3.05) is 0 Å². The van der Waals surface area contributed by atoms with Gasteiger partial charge >= 0.3 is 0 Å². The summed E-state index contributed by atoms with van der Waals surface area (Å²) >= 11 is 0. The van der Waals surface area contributed by atoms with Gasteiger partial charge in [-0.1, -0.05) is 91.0 Å². The molecule has 0 saturated heterocycles. The van der Waals surface area contributed by atoms with E-state index in [0.29, 0.717) is 0 Å². The summed E-state index contributed by atoms with van der Waals surface area (Å²) in [4.78, 5) is 19.9. The summed E-state index contributed by atoms with van der Waals surface area (Å²) in [7, 11) is 0. The normalized spacial score (nSPS) is 11.7. The smallest absolute Gasteiger partial charge is 0.147 e. The summed E-state index contributed by atoms with van der Waals surface area (Å²) in [5, 5.41) is 7.74. The number of para-hydroxylation sites is 2. The van der Waals surface area contributed by atoms with E-state index in [-0.39, 0.29) is 0 Å². The first-order chi connectivity index (χ1) is 24.3. The van der Waals surface area contributed by atoms with Crippen LogP contribution in [0.3, 0.4) is 0 Å². The average Bonchev–Trinajstić information content (AvgIpc) is 3.58. The summed E-state index contributed by atoms with van der Waals surface area (Å²) in [6, 6.07) is 50.0. The van der Waals surface area contributed by atoms with Gasteiger partial charge in [-0.05, 0) is 81.7 Å². The van der Waals surface area contributed by atoms with Gasteiger partial charge in [-0.15, -0.1) is 0 Å². The van der Waals surface area contributed by atoms with Crippen molar-refractivity contribution in [3.63, 3.8) is 0 Å². The SMILES string of the molecule is c1ccc(-c2cc(-c3cccc4c3nc(-c3cc5ccccc5c5ccccc35)c3c5ccccc5oc43)cc(-c3ccccn3)n2)nc1. The van der Waals surface area contributed by atoms with Crippen LogP contribution in [0.2, 0.25) is 0 Å². The Hall–Kier alpha value is -6.72. The molecule has 5 aromatic carbocycles. The molecule has 5 heterocycles. The molecule has 0 radical (unpaired) electrons. The maximum Gasteiger partial charge on any atom is 0.147 e. The number of hydrogen-bond acceptors (Lipinski definition) is 5. The molecular formula is C44H26N4O. The molecule has 5 heteroatoms. The lowest BCUT2D eigenvalue weighted by molar-refractivity contribution is 0.672. The molecule has 0 aliphatic rings. The monoisotopic (exact) mass is 626 g/mol. The van der Waals surface area contributed by atoms with Gasteiger partial charge in [0.25, 0.3) is 0 Å². The highest BCUT2D eigenvalue weighted by Gasteiger charge is 2.22. The van der Waals surface area contributed by atoms with Crippen LogP contribution in [0.5, 0.6) is 0 Å². The van der Waals surface area contributed by atoms with Gasteiger partial charge in [-0.25, -0.2) is 9.97 Å². The summed E-state index contributed by atoms with van der Waals surface area (Å²) in [6.45, 7) is 0. The van der Waals surface area contributed by atoms with E-state index >= 15 is 0 Å². The third-order valence-electron chi connectivity index (χ3n) is 9.35. The van der Waals surface area contributed by atoms with E-state index in [1.54, 1.807) is 12.4 Å². The summed E-state index contributed by atoms with van der Waals surface area (Å²) < 4.78 is 6.73. The second-order valence-corrected chi connectivity index (χ2v) is 12.2. The van der Waals surface area contributed by atoms with Crippen LogP contribution in [-0.4, -0.2) is 19.9 Å². The highest BCUT2D eigenvalue weighted by Crippen LogP contribution is 2.44. The van der Waals surface area contributed by atoms with E-state index in [1.165, 1.54) is 16.2 Å². The van der Waals surface area contributed by atoms with Crippen LogP contribution in [-0.2, 0) is 0 Å². The summed E-state index contributed by atoms with van der Waals surface area (Å²) in [5.74, 6) is 0. The zero-order chi connectivity index (χ0) is 32.3. The van der Waals surface area contributed by atoms with Crippen LogP contribution in [0.4, 0.5) is 0 Å². The van der Waals surface area contributed by atoms with Crippen LogP contribution in [0.1, 0.15) is 0 Å². The number of pyridine rings is 4. The standard InChI is InChI=1S/C44H26N4O/c1-2-13-29-27(12-1)24-35(32-15-4-3-14-31(29)32)43-41-33-16-5-6-21-40(33)49-44(41)34-18-11-17-30(42(34)48-43)28-25-38(36-19-7-9-22-45-36)47-39(26-28)37-20-8-10-23-46-37/h1-26H. The van der Waals surface area contributed by atoms with E-state index < -0.39 is 0 Å². The number of fused-ring (bicyclic) bond motifs is 8. The molecule has 0 N–H and O–H groups in total. The van der Waals surface area contributed by atoms with Crippen molar-refractivity contribution in [1.82, 2.24) is 19.9 Å². The molecule has 10 rings (SSSR count). The first kappa shape index (κ1) is 27.4. The Kier molecular flexibility index (Phi) is 6.11.